The minimum atomic E-state index is 0.297. The van der Waals surface area contributed by atoms with Gasteiger partial charge in [-0.3, -0.25) is 4.79 Å². The summed E-state index contributed by atoms with van der Waals surface area (Å²) in [6, 6.07) is 8.19. The number of Topliss-reactive ketones (excluding diaryl/α,β-unsaturated/α-hetero) is 1. The first-order chi connectivity index (χ1) is 7.27. The molecule has 3 atom stereocenters. The molecule has 2 aliphatic rings. The van der Waals surface area contributed by atoms with Crippen LogP contribution >= 0.6 is 0 Å². The summed E-state index contributed by atoms with van der Waals surface area (Å²) in [5.74, 6) is 1.96. The van der Waals surface area contributed by atoms with Crippen LogP contribution < -0.4 is 0 Å². The van der Waals surface area contributed by atoms with Crippen molar-refractivity contribution in [2.75, 3.05) is 0 Å². The third-order valence-corrected chi connectivity index (χ3v) is 4.07. The van der Waals surface area contributed by atoms with E-state index in [0.717, 1.165) is 17.9 Å². The van der Waals surface area contributed by atoms with Crippen molar-refractivity contribution in [3.05, 3.63) is 35.4 Å². The molecule has 0 spiro atoms. The predicted octanol–water partition coefficient (Wildman–Crippen LogP) is 3.40. The second-order valence-corrected chi connectivity index (χ2v) is 5.08. The van der Waals surface area contributed by atoms with E-state index < -0.39 is 0 Å². The maximum absolute atomic E-state index is 12.2. The van der Waals surface area contributed by atoms with Gasteiger partial charge in [0.05, 0.1) is 0 Å². The number of hydrogen-bond donors (Lipinski definition) is 0. The summed E-state index contributed by atoms with van der Waals surface area (Å²) in [5, 5.41) is 0. The van der Waals surface area contributed by atoms with Gasteiger partial charge in [-0.2, -0.15) is 0 Å². The molecule has 0 aromatic heterocycles. The van der Waals surface area contributed by atoms with Gasteiger partial charge in [0, 0.05) is 11.5 Å². The van der Waals surface area contributed by atoms with Crippen LogP contribution in [0.1, 0.15) is 48.0 Å². The first kappa shape index (κ1) is 9.14. The number of benzene rings is 1. The lowest BCUT2D eigenvalue weighted by atomic mass is 9.75. The Bertz CT molecular complexity index is 408. The normalized spacial score (nSPS) is 33.7. The maximum Gasteiger partial charge on any atom is 0.166 e. The molecule has 1 nitrogen and oxygen atoms in total. The lowest BCUT2D eigenvalue weighted by molar-refractivity contribution is 0.0875. The number of rotatable bonds is 0. The molecule has 1 heteroatoms. The molecule has 15 heavy (non-hydrogen) atoms. The highest BCUT2D eigenvalue weighted by Crippen LogP contribution is 2.47. The number of carbonyl (C=O) groups is 1. The molecule has 0 heterocycles. The van der Waals surface area contributed by atoms with Crippen LogP contribution in [-0.4, -0.2) is 5.78 Å². The SMILES string of the molecule is CC1CC[C@@H]2c3ccccc3C(=O)C2C1. The van der Waals surface area contributed by atoms with E-state index in [1.807, 2.05) is 12.1 Å². The lowest BCUT2D eigenvalue weighted by Gasteiger charge is -2.28. The molecule has 0 amide bonds. The van der Waals surface area contributed by atoms with E-state index in [0.29, 0.717) is 17.6 Å². The van der Waals surface area contributed by atoms with Gasteiger partial charge >= 0.3 is 0 Å². The highest BCUT2D eigenvalue weighted by atomic mass is 16.1. The van der Waals surface area contributed by atoms with Gasteiger partial charge in [0.15, 0.2) is 5.78 Å². The summed E-state index contributed by atoms with van der Waals surface area (Å²) >= 11 is 0. The highest BCUT2D eigenvalue weighted by Gasteiger charge is 2.41. The minimum absolute atomic E-state index is 0.297. The summed E-state index contributed by atoms with van der Waals surface area (Å²) in [6.07, 6.45) is 3.58. The van der Waals surface area contributed by atoms with Crippen molar-refractivity contribution in [3.8, 4) is 0 Å². The van der Waals surface area contributed by atoms with Crippen LogP contribution in [0.2, 0.25) is 0 Å². The van der Waals surface area contributed by atoms with Crippen LogP contribution in [0.5, 0.6) is 0 Å². The molecular formula is C14H16O. The fourth-order valence-corrected chi connectivity index (χ4v) is 3.29. The van der Waals surface area contributed by atoms with Crippen LogP contribution in [0.25, 0.3) is 0 Å². The average Bonchev–Trinajstić information content (AvgIpc) is 2.54. The van der Waals surface area contributed by atoms with Gasteiger partial charge in [-0.05, 0) is 30.2 Å². The first-order valence-electron chi connectivity index (χ1n) is 5.90. The molecule has 1 aromatic rings. The average molecular weight is 200 g/mol. The van der Waals surface area contributed by atoms with Crippen molar-refractivity contribution in [3.63, 3.8) is 0 Å². The van der Waals surface area contributed by atoms with Crippen molar-refractivity contribution in [2.45, 2.75) is 32.1 Å². The van der Waals surface area contributed by atoms with Crippen LogP contribution in [0.4, 0.5) is 0 Å². The Morgan fingerprint density at radius 2 is 1.93 bits per heavy atom. The maximum atomic E-state index is 12.2. The molecular weight excluding hydrogens is 184 g/mol. The van der Waals surface area contributed by atoms with Gasteiger partial charge in [0.25, 0.3) is 0 Å². The molecule has 0 radical (unpaired) electrons. The van der Waals surface area contributed by atoms with Gasteiger partial charge < -0.3 is 0 Å². The molecule has 78 valence electrons. The Kier molecular flexibility index (Phi) is 1.95. The van der Waals surface area contributed by atoms with Crippen molar-refractivity contribution in [1.29, 1.82) is 0 Å². The predicted molar refractivity (Wildman–Crippen MR) is 60.0 cm³/mol. The number of carbonyl (C=O) groups excluding carboxylic acids is 1. The second kappa shape index (κ2) is 3.19. The molecule has 0 bridgehead atoms. The Morgan fingerprint density at radius 1 is 1.13 bits per heavy atom. The van der Waals surface area contributed by atoms with Crippen LogP contribution in [0, 0.1) is 11.8 Å². The van der Waals surface area contributed by atoms with E-state index in [9.17, 15) is 4.79 Å². The molecule has 3 rings (SSSR count). The fraction of sp³-hybridized carbons (Fsp3) is 0.500. The molecule has 0 saturated heterocycles. The smallest absolute Gasteiger partial charge is 0.166 e. The van der Waals surface area contributed by atoms with Gasteiger partial charge in [-0.15, -0.1) is 0 Å². The monoisotopic (exact) mass is 200 g/mol. The molecule has 1 fully saturated rings. The first-order valence-corrected chi connectivity index (χ1v) is 5.90. The fourth-order valence-electron chi connectivity index (χ4n) is 3.29. The number of hydrogen-bond acceptors (Lipinski definition) is 1. The second-order valence-electron chi connectivity index (χ2n) is 5.08. The third-order valence-electron chi connectivity index (χ3n) is 4.07. The summed E-state index contributed by atoms with van der Waals surface area (Å²) in [4.78, 5) is 12.2. The summed E-state index contributed by atoms with van der Waals surface area (Å²) in [7, 11) is 0. The topological polar surface area (TPSA) is 17.1 Å². The summed E-state index contributed by atoms with van der Waals surface area (Å²) in [6.45, 7) is 2.27. The van der Waals surface area contributed by atoms with Gasteiger partial charge in [-0.1, -0.05) is 37.6 Å². The van der Waals surface area contributed by atoms with Crippen molar-refractivity contribution in [1.82, 2.24) is 0 Å². The Hall–Kier alpha value is -1.11. The van der Waals surface area contributed by atoms with Crippen LogP contribution in [-0.2, 0) is 0 Å². The quantitative estimate of drug-likeness (QED) is 0.627. The zero-order valence-electron chi connectivity index (χ0n) is 9.07. The van der Waals surface area contributed by atoms with Gasteiger partial charge in [0.1, 0.15) is 0 Å². The standard InChI is InChI=1S/C14H16O/c1-9-6-7-11-10-4-2-3-5-12(10)14(15)13(11)8-9/h2-5,9,11,13H,6-8H2,1H3/t9?,11-,13?/m1/s1. The van der Waals surface area contributed by atoms with E-state index in [4.69, 9.17) is 0 Å². The lowest BCUT2D eigenvalue weighted by Crippen LogP contribution is -2.22. The number of ketones is 1. The summed E-state index contributed by atoms with van der Waals surface area (Å²) in [5.41, 5.74) is 2.32. The zero-order chi connectivity index (χ0) is 10.4. The van der Waals surface area contributed by atoms with E-state index in [-0.39, 0.29) is 0 Å². The third kappa shape index (κ3) is 1.26. The molecule has 2 unspecified atom stereocenters. The molecule has 0 aliphatic heterocycles. The van der Waals surface area contributed by atoms with Crippen molar-refractivity contribution in [2.24, 2.45) is 11.8 Å². The molecule has 2 aliphatic carbocycles. The van der Waals surface area contributed by atoms with Crippen LogP contribution in [0.3, 0.4) is 0 Å². The van der Waals surface area contributed by atoms with Gasteiger partial charge in [-0.25, -0.2) is 0 Å². The number of fused-ring (bicyclic) bond motifs is 3. The molecule has 1 aromatic carbocycles. The largest absolute Gasteiger partial charge is 0.294 e. The Balaban J connectivity index is 2.05. The molecule has 0 N–H and O–H groups in total. The highest BCUT2D eigenvalue weighted by molar-refractivity contribution is 6.03. The van der Waals surface area contributed by atoms with Crippen molar-refractivity contribution < 1.29 is 4.79 Å². The van der Waals surface area contributed by atoms with E-state index in [1.54, 1.807) is 0 Å². The minimum Gasteiger partial charge on any atom is -0.294 e. The van der Waals surface area contributed by atoms with E-state index in [1.165, 1.54) is 18.4 Å². The zero-order valence-corrected chi connectivity index (χ0v) is 9.07. The summed E-state index contributed by atoms with van der Waals surface area (Å²) < 4.78 is 0. The van der Waals surface area contributed by atoms with E-state index >= 15 is 0 Å². The van der Waals surface area contributed by atoms with Crippen molar-refractivity contribution >= 4 is 5.78 Å². The van der Waals surface area contributed by atoms with E-state index in [2.05, 4.69) is 19.1 Å². The Labute approximate surface area is 90.5 Å². The Morgan fingerprint density at radius 3 is 2.80 bits per heavy atom. The molecule has 1 saturated carbocycles. The van der Waals surface area contributed by atoms with Gasteiger partial charge in [0.2, 0.25) is 0 Å². The van der Waals surface area contributed by atoms with Crippen LogP contribution in [0.15, 0.2) is 24.3 Å².